The Morgan fingerprint density at radius 3 is 2.76 bits per heavy atom. The number of nitrogens with zero attached hydrogens (tertiary/aromatic N) is 1. The van der Waals surface area contributed by atoms with Crippen molar-refractivity contribution in [2.45, 2.75) is 13.0 Å². The number of fused-ring (bicyclic) bond motifs is 1. The van der Waals surface area contributed by atoms with Crippen molar-refractivity contribution in [3.05, 3.63) is 83.4 Å². The molecule has 0 heterocycles. The molecule has 6 heteroatoms. The second-order valence-electron chi connectivity index (χ2n) is 6.29. The molecule has 0 saturated carbocycles. The number of rotatable bonds is 8. The lowest BCUT2D eigenvalue weighted by molar-refractivity contribution is -0.127. The fraction of sp³-hybridized carbons (Fsp3) is 0.130. The highest BCUT2D eigenvalue weighted by Gasteiger charge is 2.14. The third-order valence-electron chi connectivity index (χ3n) is 4.11. The number of carbonyl (C=O) groups excluding carboxylic acids is 1. The van der Waals surface area contributed by atoms with Crippen LogP contribution in [0.4, 0.5) is 0 Å². The van der Waals surface area contributed by atoms with Crippen LogP contribution < -0.4 is 14.9 Å². The minimum Gasteiger partial charge on any atom is -0.489 e. The van der Waals surface area contributed by atoms with Gasteiger partial charge in [0.25, 0.3) is 5.91 Å². The molecule has 3 aromatic rings. The molecule has 0 aliphatic heterocycles. The van der Waals surface area contributed by atoms with Crippen LogP contribution >= 0.6 is 15.9 Å². The molecular weight excluding hydrogens is 432 g/mol. The van der Waals surface area contributed by atoms with Gasteiger partial charge in [-0.05, 0) is 48.0 Å². The Kier molecular flexibility index (Phi) is 7.03. The molecule has 148 valence electrons. The minimum absolute atomic E-state index is 0.349. The van der Waals surface area contributed by atoms with Gasteiger partial charge in [-0.2, -0.15) is 5.10 Å². The van der Waals surface area contributed by atoms with Gasteiger partial charge in [0.05, 0.1) is 6.21 Å². The normalized spacial score (nSPS) is 11.9. The highest BCUT2D eigenvalue weighted by atomic mass is 79.9. The highest BCUT2D eigenvalue weighted by molar-refractivity contribution is 9.10. The lowest BCUT2D eigenvalue weighted by Gasteiger charge is -2.13. The van der Waals surface area contributed by atoms with Crippen LogP contribution in [0.5, 0.6) is 11.5 Å². The molecule has 5 nitrogen and oxygen atoms in total. The largest absolute Gasteiger partial charge is 0.489 e. The number of ether oxygens (including phenoxy) is 2. The van der Waals surface area contributed by atoms with Crippen LogP contribution in [-0.4, -0.2) is 24.8 Å². The summed E-state index contributed by atoms with van der Waals surface area (Å²) in [5.41, 5.74) is 3.23. The molecule has 0 bridgehead atoms. The number of hydrazone groups is 1. The Labute approximate surface area is 178 Å². The molecule has 29 heavy (non-hydrogen) atoms. The molecule has 0 radical (unpaired) electrons. The van der Waals surface area contributed by atoms with Crippen molar-refractivity contribution in [1.29, 1.82) is 0 Å². The third-order valence-corrected chi connectivity index (χ3v) is 4.60. The van der Waals surface area contributed by atoms with E-state index in [9.17, 15) is 4.79 Å². The number of hydrogen-bond acceptors (Lipinski definition) is 4. The van der Waals surface area contributed by atoms with Crippen molar-refractivity contribution in [3.63, 3.8) is 0 Å². The van der Waals surface area contributed by atoms with Gasteiger partial charge in [-0.15, -0.1) is 0 Å². The smallest absolute Gasteiger partial charge is 0.280 e. The molecular formula is C23H21BrN2O3. The summed E-state index contributed by atoms with van der Waals surface area (Å²) in [4.78, 5) is 12.3. The van der Waals surface area contributed by atoms with Gasteiger partial charge in [0, 0.05) is 10.0 Å². The molecule has 0 saturated heterocycles. The van der Waals surface area contributed by atoms with Gasteiger partial charge in [-0.25, -0.2) is 5.43 Å². The Balaban J connectivity index is 1.62. The molecule has 0 aliphatic rings. The SMILES string of the molecule is C=CCOc1ccc(Br)cc1/C=N\NC(=O)[C@H](C)Oc1ccc2ccccc2c1. The van der Waals surface area contributed by atoms with Gasteiger partial charge in [0.1, 0.15) is 18.1 Å². The molecule has 1 N–H and O–H groups in total. The van der Waals surface area contributed by atoms with Gasteiger partial charge >= 0.3 is 0 Å². The Morgan fingerprint density at radius 1 is 1.17 bits per heavy atom. The first-order chi connectivity index (χ1) is 14.1. The maximum atomic E-state index is 12.3. The van der Waals surface area contributed by atoms with Gasteiger partial charge in [-0.3, -0.25) is 4.79 Å². The Bertz CT molecular complexity index is 1050. The van der Waals surface area contributed by atoms with Crippen molar-refractivity contribution in [2.75, 3.05) is 6.61 Å². The number of hydrogen-bond donors (Lipinski definition) is 1. The summed E-state index contributed by atoms with van der Waals surface area (Å²) in [6.45, 7) is 5.70. The topological polar surface area (TPSA) is 59.9 Å². The van der Waals surface area contributed by atoms with Gasteiger partial charge in [0.2, 0.25) is 0 Å². The average Bonchev–Trinajstić information content (AvgIpc) is 2.73. The lowest BCUT2D eigenvalue weighted by atomic mass is 10.1. The number of benzene rings is 3. The Morgan fingerprint density at radius 2 is 1.97 bits per heavy atom. The number of nitrogens with one attached hydrogen (secondary N) is 1. The van der Waals surface area contributed by atoms with Crippen molar-refractivity contribution < 1.29 is 14.3 Å². The molecule has 0 spiro atoms. The summed E-state index contributed by atoms with van der Waals surface area (Å²) in [5.74, 6) is 0.923. The van der Waals surface area contributed by atoms with Crippen molar-refractivity contribution >= 4 is 38.8 Å². The zero-order valence-corrected chi connectivity index (χ0v) is 17.6. The van der Waals surface area contributed by atoms with E-state index in [1.807, 2.05) is 60.7 Å². The summed E-state index contributed by atoms with van der Waals surface area (Å²) >= 11 is 3.42. The lowest BCUT2D eigenvalue weighted by Crippen LogP contribution is -2.33. The molecule has 1 atom stereocenters. The predicted molar refractivity (Wildman–Crippen MR) is 120 cm³/mol. The zero-order valence-electron chi connectivity index (χ0n) is 16.0. The summed E-state index contributed by atoms with van der Waals surface area (Å²) in [6, 6.07) is 19.2. The molecule has 0 aromatic heterocycles. The van der Waals surface area contributed by atoms with Crippen LogP contribution in [0.25, 0.3) is 10.8 Å². The fourth-order valence-electron chi connectivity index (χ4n) is 2.66. The van der Waals surface area contributed by atoms with Gasteiger partial charge in [-0.1, -0.05) is 58.9 Å². The molecule has 3 rings (SSSR count). The van der Waals surface area contributed by atoms with E-state index in [-0.39, 0.29) is 5.91 Å². The van der Waals surface area contributed by atoms with E-state index >= 15 is 0 Å². The van der Waals surface area contributed by atoms with Crippen molar-refractivity contribution in [3.8, 4) is 11.5 Å². The van der Waals surface area contributed by atoms with Gasteiger partial charge < -0.3 is 9.47 Å². The minimum atomic E-state index is -0.702. The predicted octanol–water partition coefficient (Wildman–Crippen LogP) is 5.08. The van der Waals surface area contributed by atoms with E-state index < -0.39 is 6.10 Å². The van der Waals surface area contributed by atoms with Crippen LogP contribution in [0.1, 0.15) is 12.5 Å². The highest BCUT2D eigenvalue weighted by Crippen LogP contribution is 2.22. The van der Waals surface area contributed by atoms with Crippen LogP contribution in [0.15, 0.2) is 82.9 Å². The first kappa shape index (κ1) is 20.6. The van der Waals surface area contributed by atoms with Crippen LogP contribution in [0.2, 0.25) is 0 Å². The number of halogens is 1. The maximum absolute atomic E-state index is 12.3. The third kappa shape index (κ3) is 5.68. The number of carbonyl (C=O) groups is 1. The summed E-state index contributed by atoms with van der Waals surface area (Å²) in [6.07, 6.45) is 2.49. The second kappa shape index (κ2) is 9.89. The summed E-state index contributed by atoms with van der Waals surface area (Å²) < 4.78 is 12.2. The second-order valence-corrected chi connectivity index (χ2v) is 7.20. The average molecular weight is 453 g/mol. The van der Waals surface area contributed by atoms with E-state index in [1.54, 1.807) is 13.0 Å². The van der Waals surface area contributed by atoms with Crippen LogP contribution in [0.3, 0.4) is 0 Å². The molecule has 0 unspecified atom stereocenters. The molecule has 3 aromatic carbocycles. The standard InChI is InChI=1S/C23H21BrN2O3/c1-3-12-28-22-11-9-20(24)13-19(22)15-25-26-23(27)16(2)29-21-10-8-17-6-4-5-7-18(17)14-21/h3-11,13-16H,1,12H2,2H3,(H,26,27)/b25-15-/t16-/m0/s1. The van der Waals surface area contributed by atoms with Crippen LogP contribution in [-0.2, 0) is 4.79 Å². The monoisotopic (exact) mass is 452 g/mol. The molecule has 1 amide bonds. The van der Waals surface area contributed by atoms with Gasteiger partial charge in [0.15, 0.2) is 6.10 Å². The number of amides is 1. The van der Waals surface area contributed by atoms with E-state index in [2.05, 4.69) is 33.0 Å². The first-order valence-corrected chi connectivity index (χ1v) is 9.88. The zero-order chi connectivity index (χ0) is 20.6. The Hall–Kier alpha value is -3.12. The maximum Gasteiger partial charge on any atom is 0.280 e. The van der Waals surface area contributed by atoms with E-state index in [4.69, 9.17) is 9.47 Å². The molecule has 0 aliphatic carbocycles. The van der Waals surface area contributed by atoms with E-state index in [0.29, 0.717) is 18.1 Å². The molecule has 0 fully saturated rings. The first-order valence-electron chi connectivity index (χ1n) is 9.08. The summed E-state index contributed by atoms with van der Waals surface area (Å²) in [7, 11) is 0. The van der Waals surface area contributed by atoms with E-state index in [0.717, 1.165) is 20.8 Å². The van der Waals surface area contributed by atoms with Crippen molar-refractivity contribution in [1.82, 2.24) is 5.43 Å². The van der Waals surface area contributed by atoms with E-state index in [1.165, 1.54) is 6.21 Å². The van der Waals surface area contributed by atoms with Crippen LogP contribution in [0, 0.1) is 0 Å². The van der Waals surface area contributed by atoms with Crippen molar-refractivity contribution in [2.24, 2.45) is 5.10 Å². The summed E-state index contributed by atoms with van der Waals surface area (Å²) in [5, 5.41) is 6.20. The fourth-order valence-corrected chi connectivity index (χ4v) is 3.03. The quantitative estimate of drug-likeness (QED) is 0.294.